The fraction of sp³-hybridized carbons (Fsp3) is 0.500. The normalized spacial score (nSPS) is 17.5. The van der Waals surface area contributed by atoms with Crippen LogP contribution in [-0.2, 0) is 4.79 Å². The van der Waals surface area contributed by atoms with E-state index in [1.54, 1.807) is 32.4 Å². The van der Waals surface area contributed by atoms with Crippen LogP contribution in [0.3, 0.4) is 0 Å². The van der Waals surface area contributed by atoms with E-state index in [0.717, 1.165) is 18.1 Å². The highest BCUT2D eigenvalue weighted by Crippen LogP contribution is 2.26. The molecule has 0 aromatic heterocycles. The number of carbonyl (C=O) groups is 1. The summed E-state index contributed by atoms with van der Waals surface area (Å²) in [7, 11) is 3.17. The third kappa shape index (κ3) is 5.65. The van der Waals surface area contributed by atoms with Crippen LogP contribution in [0.5, 0.6) is 11.5 Å². The van der Waals surface area contributed by atoms with Gasteiger partial charge < -0.3 is 20.1 Å². The maximum atomic E-state index is 12.0. The molecule has 1 aromatic rings. The molecule has 2 N–H and O–H groups in total. The van der Waals surface area contributed by atoms with E-state index >= 15 is 0 Å². The number of ether oxygens (including phenoxy) is 2. The second kappa shape index (κ2) is 9.02. The minimum atomic E-state index is 0. The van der Waals surface area contributed by atoms with Crippen LogP contribution in [0, 0.1) is 0 Å². The van der Waals surface area contributed by atoms with E-state index in [0.29, 0.717) is 23.6 Å². The number of amides is 1. The molecule has 1 unspecified atom stereocenters. The van der Waals surface area contributed by atoms with Crippen molar-refractivity contribution >= 4 is 35.8 Å². The average Bonchev–Trinajstić information content (AvgIpc) is 2.47. The van der Waals surface area contributed by atoms with Crippen LogP contribution in [-0.4, -0.2) is 44.2 Å². The van der Waals surface area contributed by atoms with Gasteiger partial charge in [-0.05, 0) is 0 Å². The Morgan fingerprint density at radius 1 is 1.33 bits per heavy atom. The Balaban J connectivity index is 0.00000220. The molecule has 1 fully saturated rings. The van der Waals surface area contributed by atoms with Crippen molar-refractivity contribution in [2.75, 3.05) is 37.6 Å². The van der Waals surface area contributed by atoms with Crippen molar-refractivity contribution in [1.29, 1.82) is 0 Å². The topological polar surface area (TPSA) is 59.6 Å². The molecule has 1 amide bonds. The number of methoxy groups -OCH3 is 2. The zero-order chi connectivity index (χ0) is 14.4. The average molecular weight is 333 g/mol. The largest absolute Gasteiger partial charge is 0.497 e. The predicted octanol–water partition coefficient (Wildman–Crippen LogP) is 2.16. The smallest absolute Gasteiger partial charge is 0.225 e. The summed E-state index contributed by atoms with van der Waals surface area (Å²) in [6, 6.07) is 5.59. The van der Waals surface area contributed by atoms with Gasteiger partial charge in [-0.3, -0.25) is 4.79 Å². The summed E-state index contributed by atoms with van der Waals surface area (Å²) in [5.74, 6) is 3.41. The van der Waals surface area contributed by atoms with Crippen molar-refractivity contribution in [3.63, 3.8) is 0 Å². The van der Waals surface area contributed by atoms with Crippen LogP contribution >= 0.6 is 24.2 Å². The fourth-order valence-electron chi connectivity index (χ4n) is 2.07. The quantitative estimate of drug-likeness (QED) is 0.865. The monoisotopic (exact) mass is 332 g/mol. The lowest BCUT2D eigenvalue weighted by molar-refractivity contribution is -0.116. The molecule has 1 heterocycles. The number of anilines is 1. The molecule has 1 aliphatic rings. The van der Waals surface area contributed by atoms with E-state index in [-0.39, 0.29) is 24.4 Å². The van der Waals surface area contributed by atoms with Crippen molar-refractivity contribution in [2.45, 2.75) is 12.5 Å². The highest BCUT2D eigenvalue weighted by atomic mass is 35.5. The van der Waals surface area contributed by atoms with Crippen molar-refractivity contribution in [3.05, 3.63) is 18.2 Å². The Labute approximate surface area is 135 Å². The SMILES string of the molecule is COc1cc(NC(=O)CC2CSCCN2)cc(OC)c1.Cl. The van der Waals surface area contributed by atoms with Crippen molar-refractivity contribution < 1.29 is 14.3 Å². The summed E-state index contributed by atoms with van der Waals surface area (Å²) in [5, 5.41) is 6.24. The molecule has 0 bridgehead atoms. The number of carbonyl (C=O) groups excluding carboxylic acids is 1. The first-order valence-electron chi connectivity index (χ1n) is 6.55. The van der Waals surface area contributed by atoms with Gasteiger partial charge in [0.1, 0.15) is 11.5 Å². The molecule has 0 saturated carbocycles. The number of nitrogens with one attached hydrogen (secondary N) is 2. The maximum absolute atomic E-state index is 12.0. The zero-order valence-electron chi connectivity index (χ0n) is 12.2. The van der Waals surface area contributed by atoms with Crippen molar-refractivity contribution in [2.24, 2.45) is 0 Å². The Morgan fingerprint density at radius 3 is 2.52 bits per heavy atom. The molecule has 2 rings (SSSR count). The summed E-state index contributed by atoms with van der Waals surface area (Å²) in [5.41, 5.74) is 0.690. The number of hydrogen-bond acceptors (Lipinski definition) is 5. The lowest BCUT2D eigenvalue weighted by Crippen LogP contribution is -2.39. The molecule has 0 radical (unpaired) electrons. The van der Waals surface area contributed by atoms with Crippen LogP contribution < -0.4 is 20.1 Å². The molecule has 1 aliphatic heterocycles. The number of benzene rings is 1. The number of rotatable bonds is 5. The first kappa shape index (κ1) is 17.9. The Kier molecular flexibility index (Phi) is 7.71. The van der Waals surface area contributed by atoms with Crippen molar-refractivity contribution in [1.82, 2.24) is 5.32 Å². The molecule has 0 aliphatic carbocycles. The van der Waals surface area contributed by atoms with Gasteiger partial charge in [0.15, 0.2) is 0 Å². The van der Waals surface area contributed by atoms with E-state index in [1.807, 2.05) is 11.8 Å². The van der Waals surface area contributed by atoms with Crippen molar-refractivity contribution in [3.8, 4) is 11.5 Å². The van der Waals surface area contributed by atoms with E-state index in [1.165, 1.54) is 0 Å². The second-order valence-electron chi connectivity index (χ2n) is 4.58. The van der Waals surface area contributed by atoms with E-state index in [4.69, 9.17) is 9.47 Å². The Morgan fingerprint density at radius 2 is 2.00 bits per heavy atom. The van der Waals surface area contributed by atoms with Gasteiger partial charge in [-0.1, -0.05) is 0 Å². The van der Waals surface area contributed by atoms with Crippen LogP contribution in [0.4, 0.5) is 5.69 Å². The molecule has 1 saturated heterocycles. The van der Waals surface area contributed by atoms with Crippen LogP contribution in [0.2, 0.25) is 0 Å². The lowest BCUT2D eigenvalue weighted by atomic mass is 10.2. The first-order chi connectivity index (χ1) is 9.71. The van der Waals surface area contributed by atoms with Gasteiger partial charge in [0.05, 0.1) is 14.2 Å². The van der Waals surface area contributed by atoms with E-state index in [9.17, 15) is 4.79 Å². The standard InChI is InChI=1S/C14H20N2O3S.ClH/c1-18-12-5-10(6-13(8-12)19-2)16-14(17)7-11-9-20-4-3-15-11;/h5-6,8,11,15H,3-4,7,9H2,1-2H3,(H,16,17);1H. The van der Waals surface area contributed by atoms with Gasteiger partial charge in [0.25, 0.3) is 0 Å². The number of halogens is 1. The molecule has 1 atom stereocenters. The minimum absolute atomic E-state index is 0. The lowest BCUT2D eigenvalue weighted by Gasteiger charge is -2.22. The molecule has 5 nitrogen and oxygen atoms in total. The molecule has 118 valence electrons. The van der Waals surface area contributed by atoms with Gasteiger partial charge in [-0.15, -0.1) is 12.4 Å². The molecular weight excluding hydrogens is 312 g/mol. The van der Waals surface area contributed by atoms with Crippen LogP contribution in [0.1, 0.15) is 6.42 Å². The van der Waals surface area contributed by atoms with E-state index < -0.39 is 0 Å². The van der Waals surface area contributed by atoms with Crippen LogP contribution in [0.25, 0.3) is 0 Å². The number of thioether (sulfide) groups is 1. The molecule has 21 heavy (non-hydrogen) atoms. The molecule has 7 heteroatoms. The third-order valence-corrected chi connectivity index (χ3v) is 4.20. The fourth-order valence-corrected chi connectivity index (χ4v) is 3.02. The van der Waals surface area contributed by atoms with Gasteiger partial charge >= 0.3 is 0 Å². The molecule has 0 spiro atoms. The minimum Gasteiger partial charge on any atom is -0.497 e. The highest BCUT2D eigenvalue weighted by Gasteiger charge is 2.17. The summed E-state index contributed by atoms with van der Waals surface area (Å²) >= 11 is 1.88. The summed E-state index contributed by atoms with van der Waals surface area (Å²) < 4.78 is 10.4. The summed E-state index contributed by atoms with van der Waals surface area (Å²) in [6.45, 7) is 0.968. The van der Waals surface area contributed by atoms with Gasteiger partial charge in [-0.25, -0.2) is 0 Å². The molecule has 1 aromatic carbocycles. The highest BCUT2D eigenvalue weighted by molar-refractivity contribution is 7.99. The summed E-state index contributed by atoms with van der Waals surface area (Å²) in [4.78, 5) is 12.0. The number of hydrogen-bond donors (Lipinski definition) is 2. The van der Waals surface area contributed by atoms with Gasteiger partial charge in [0, 0.05) is 54.4 Å². The third-order valence-electron chi connectivity index (χ3n) is 3.07. The summed E-state index contributed by atoms with van der Waals surface area (Å²) in [6.07, 6.45) is 0.479. The van der Waals surface area contributed by atoms with Crippen LogP contribution in [0.15, 0.2) is 18.2 Å². The van der Waals surface area contributed by atoms with Gasteiger partial charge in [-0.2, -0.15) is 11.8 Å². The van der Waals surface area contributed by atoms with Gasteiger partial charge in [0.2, 0.25) is 5.91 Å². The Bertz CT molecular complexity index is 445. The Hall–Kier alpha value is -1.11. The van der Waals surface area contributed by atoms with E-state index in [2.05, 4.69) is 10.6 Å². The second-order valence-corrected chi connectivity index (χ2v) is 5.73. The molecular formula is C14H21ClN2O3S. The predicted molar refractivity (Wildman–Crippen MR) is 89.2 cm³/mol. The first-order valence-corrected chi connectivity index (χ1v) is 7.71. The maximum Gasteiger partial charge on any atom is 0.225 e. The zero-order valence-corrected chi connectivity index (χ0v) is 13.8.